The van der Waals surface area contributed by atoms with E-state index in [4.69, 9.17) is 18.9 Å². The first-order valence-electron chi connectivity index (χ1n) is 27.4. The smallest absolute Gasteiger partial charge is 0.220 e. The van der Waals surface area contributed by atoms with Gasteiger partial charge in [-0.15, -0.1) is 0 Å². The van der Waals surface area contributed by atoms with E-state index < -0.39 is 86.8 Å². The van der Waals surface area contributed by atoms with Crippen molar-refractivity contribution < 1.29 is 64.6 Å². The third-order valence-corrected chi connectivity index (χ3v) is 13.7. The summed E-state index contributed by atoms with van der Waals surface area (Å²) in [4.78, 5) is 13.2. The average molecular weight is 960 g/mol. The van der Waals surface area contributed by atoms with Gasteiger partial charge in [-0.05, 0) is 19.3 Å². The van der Waals surface area contributed by atoms with Crippen LogP contribution in [0.25, 0.3) is 0 Å². The highest BCUT2D eigenvalue weighted by molar-refractivity contribution is 5.76. The Morgan fingerprint density at radius 2 is 0.925 bits per heavy atom. The Labute approximate surface area is 406 Å². The standard InChI is InChI=1S/C53H101NO13/c1-3-5-7-9-11-13-15-17-19-21-23-25-27-29-31-33-35-37-45(58)54-41(42(57)36-34-32-30-28-26-24-22-20-18-16-14-12-10-8-6-4-2)40-64-52-50(63)48(61)51(44(39-56)66-52)67-53-49(62)47(60)46(59)43(38-55)65-53/h34,36,41-44,46-53,55-57,59-63H,3-33,35,37-40H2,1-2H3,(H,54,58)/b36-34+. The molecule has 0 aromatic carbocycles. The molecule has 12 atom stereocenters. The Balaban J connectivity index is 1.82. The van der Waals surface area contributed by atoms with E-state index in [0.717, 1.165) is 38.5 Å². The van der Waals surface area contributed by atoms with Crippen LogP contribution in [-0.2, 0) is 23.7 Å². The van der Waals surface area contributed by atoms with Crippen LogP contribution in [0.15, 0.2) is 12.2 Å². The van der Waals surface area contributed by atoms with E-state index in [1.165, 1.54) is 161 Å². The monoisotopic (exact) mass is 960 g/mol. The van der Waals surface area contributed by atoms with Gasteiger partial charge in [0.2, 0.25) is 5.91 Å². The lowest BCUT2D eigenvalue weighted by atomic mass is 9.97. The largest absolute Gasteiger partial charge is 0.394 e. The number of allylic oxidation sites excluding steroid dienone is 1. The molecule has 14 nitrogen and oxygen atoms in total. The number of aliphatic hydroxyl groups excluding tert-OH is 8. The average Bonchev–Trinajstić information content (AvgIpc) is 3.32. The number of hydrogen-bond donors (Lipinski definition) is 9. The minimum absolute atomic E-state index is 0.236. The van der Waals surface area contributed by atoms with Crippen LogP contribution in [0.2, 0.25) is 0 Å². The van der Waals surface area contributed by atoms with Crippen LogP contribution in [0.5, 0.6) is 0 Å². The minimum atomic E-state index is -1.78. The predicted octanol–water partition coefficient (Wildman–Crippen LogP) is 7.94. The van der Waals surface area contributed by atoms with Crippen molar-refractivity contribution in [3.63, 3.8) is 0 Å². The summed E-state index contributed by atoms with van der Waals surface area (Å²) in [5, 5.41) is 86.9. The SMILES string of the molecule is CCCCCCCCCCCCCCCC/C=C/C(O)C(COC1OC(CO)C(OC2OC(CO)C(O)C(O)C2O)C(O)C1O)NC(=O)CCCCCCCCCCCCCCCCCCC. The molecular weight excluding hydrogens is 859 g/mol. The molecule has 2 saturated heterocycles. The molecule has 2 fully saturated rings. The van der Waals surface area contributed by atoms with Crippen LogP contribution in [0.4, 0.5) is 0 Å². The second-order valence-electron chi connectivity index (χ2n) is 19.7. The Bertz CT molecular complexity index is 1180. The van der Waals surface area contributed by atoms with Gasteiger partial charge in [0.05, 0.1) is 32.0 Å². The molecule has 0 bridgehead atoms. The molecule has 0 aromatic rings. The molecule has 2 heterocycles. The van der Waals surface area contributed by atoms with E-state index in [2.05, 4.69) is 19.2 Å². The summed E-state index contributed by atoms with van der Waals surface area (Å²) in [5.41, 5.74) is 0. The zero-order valence-corrected chi connectivity index (χ0v) is 42.2. The topological polar surface area (TPSA) is 228 Å². The number of ether oxygens (including phenoxy) is 4. The number of hydrogen-bond acceptors (Lipinski definition) is 13. The maximum absolute atomic E-state index is 13.2. The zero-order valence-electron chi connectivity index (χ0n) is 42.2. The number of unbranched alkanes of at least 4 members (excludes halogenated alkanes) is 30. The summed E-state index contributed by atoms with van der Waals surface area (Å²) in [6, 6.07) is -0.908. The van der Waals surface area contributed by atoms with Crippen molar-refractivity contribution >= 4 is 5.91 Å². The van der Waals surface area contributed by atoms with E-state index in [9.17, 15) is 45.6 Å². The number of aliphatic hydroxyl groups is 8. The van der Waals surface area contributed by atoms with Crippen molar-refractivity contribution in [1.82, 2.24) is 5.32 Å². The highest BCUT2D eigenvalue weighted by Gasteiger charge is 2.51. The first kappa shape index (κ1) is 61.8. The summed E-state index contributed by atoms with van der Waals surface area (Å²) >= 11 is 0. The van der Waals surface area contributed by atoms with Crippen LogP contribution < -0.4 is 5.32 Å². The number of rotatable bonds is 43. The summed E-state index contributed by atoms with van der Waals surface area (Å²) in [6.07, 6.45) is 26.7. The molecular formula is C53H101NO13. The van der Waals surface area contributed by atoms with Gasteiger partial charge in [-0.3, -0.25) is 4.79 Å². The maximum Gasteiger partial charge on any atom is 0.220 e. The Kier molecular flexibility index (Phi) is 37.2. The fraction of sp³-hybridized carbons (Fsp3) is 0.943. The van der Waals surface area contributed by atoms with Crippen molar-refractivity contribution in [1.29, 1.82) is 0 Å². The molecule has 2 aliphatic heterocycles. The van der Waals surface area contributed by atoms with Gasteiger partial charge < -0.3 is 65.1 Å². The molecule has 0 saturated carbocycles. The highest BCUT2D eigenvalue weighted by atomic mass is 16.7. The summed E-state index contributed by atoms with van der Waals surface area (Å²) in [7, 11) is 0. The van der Waals surface area contributed by atoms with Crippen LogP contribution in [0.1, 0.15) is 226 Å². The molecule has 0 spiro atoms. The van der Waals surface area contributed by atoms with Gasteiger partial charge in [0, 0.05) is 6.42 Å². The summed E-state index contributed by atoms with van der Waals surface area (Å²) in [6.45, 7) is 2.81. The lowest BCUT2D eigenvalue weighted by Crippen LogP contribution is -2.65. The first-order valence-corrected chi connectivity index (χ1v) is 27.4. The fourth-order valence-electron chi connectivity index (χ4n) is 9.23. The molecule has 1 amide bonds. The molecule has 396 valence electrons. The van der Waals surface area contributed by atoms with Crippen molar-refractivity contribution in [2.45, 2.75) is 299 Å². The minimum Gasteiger partial charge on any atom is -0.394 e. The van der Waals surface area contributed by atoms with Crippen molar-refractivity contribution in [3.05, 3.63) is 12.2 Å². The zero-order chi connectivity index (χ0) is 48.9. The Morgan fingerprint density at radius 3 is 1.37 bits per heavy atom. The molecule has 0 aliphatic carbocycles. The summed E-state index contributed by atoms with van der Waals surface area (Å²) in [5.74, 6) is -0.236. The number of carbonyl (C=O) groups is 1. The normalized spacial score (nSPS) is 26.6. The molecule has 9 N–H and O–H groups in total. The second-order valence-corrected chi connectivity index (χ2v) is 19.7. The molecule has 67 heavy (non-hydrogen) atoms. The van der Waals surface area contributed by atoms with Gasteiger partial charge >= 0.3 is 0 Å². The maximum atomic E-state index is 13.2. The molecule has 2 aliphatic rings. The number of nitrogens with one attached hydrogen (secondary N) is 1. The fourth-order valence-corrected chi connectivity index (χ4v) is 9.23. The highest BCUT2D eigenvalue weighted by Crippen LogP contribution is 2.30. The molecule has 0 radical (unpaired) electrons. The van der Waals surface area contributed by atoms with Gasteiger partial charge in [0.1, 0.15) is 48.8 Å². The lowest BCUT2D eigenvalue weighted by molar-refractivity contribution is -0.359. The molecule has 14 heteroatoms. The van der Waals surface area contributed by atoms with Crippen LogP contribution in [0.3, 0.4) is 0 Å². The van der Waals surface area contributed by atoms with E-state index in [-0.39, 0.29) is 18.9 Å². The molecule has 12 unspecified atom stereocenters. The first-order chi connectivity index (χ1) is 32.6. The van der Waals surface area contributed by atoms with E-state index in [0.29, 0.717) is 6.42 Å². The van der Waals surface area contributed by atoms with Gasteiger partial charge in [0.15, 0.2) is 12.6 Å². The quantitative estimate of drug-likeness (QED) is 0.0209. The Hall–Kier alpha value is -1.27. The second kappa shape index (κ2) is 40.3. The number of amides is 1. The molecule has 2 rings (SSSR count). The molecule has 0 aromatic heterocycles. The van der Waals surface area contributed by atoms with Gasteiger partial charge in [-0.2, -0.15) is 0 Å². The van der Waals surface area contributed by atoms with Crippen molar-refractivity contribution in [2.24, 2.45) is 0 Å². The third kappa shape index (κ3) is 27.2. The van der Waals surface area contributed by atoms with Gasteiger partial charge in [0.25, 0.3) is 0 Å². The van der Waals surface area contributed by atoms with Crippen molar-refractivity contribution in [3.8, 4) is 0 Å². The summed E-state index contributed by atoms with van der Waals surface area (Å²) < 4.78 is 22.7. The van der Waals surface area contributed by atoms with E-state index in [1.807, 2.05) is 6.08 Å². The lowest BCUT2D eigenvalue weighted by Gasteiger charge is -2.46. The van der Waals surface area contributed by atoms with E-state index >= 15 is 0 Å². The van der Waals surface area contributed by atoms with Crippen molar-refractivity contribution in [2.75, 3.05) is 19.8 Å². The third-order valence-electron chi connectivity index (χ3n) is 13.7. The number of carbonyl (C=O) groups excluding carboxylic acids is 1. The van der Waals surface area contributed by atoms with Crippen LogP contribution in [0, 0.1) is 0 Å². The van der Waals surface area contributed by atoms with Crippen LogP contribution >= 0.6 is 0 Å². The van der Waals surface area contributed by atoms with Gasteiger partial charge in [-0.25, -0.2) is 0 Å². The Morgan fingerprint density at radius 1 is 0.522 bits per heavy atom. The van der Waals surface area contributed by atoms with E-state index in [1.54, 1.807) is 6.08 Å². The van der Waals surface area contributed by atoms with Crippen LogP contribution in [-0.4, -0.2) is 140 Å². The van der Waals surface area contributed by atoms with Gasteiger partial charge in [-0.1, -0.05) is 212 Å². The predicted molar refractivity (Wildman–Crippen MR) is 263 cm³/mol.